The molecule has 28 heavy (non-hydrogen) atoms. The average Bonchev–Trinajstić information content (AvgIpc) is 3.45. The van der Waals surface area contributed by atoms with E-state index >= 15 is 0 Å². The lowest BCUT2D eigenvalue weighted by Gasteiger charge is -2.25. The van der Waals surface area contributed by atoms with Crippen molar-refractivity contribution in [2.75, 3.05) is 7.05 Å². The van der Waals surface area contributed by atoms with Crippen molar-refractivity contribution < 1.29 is 4.79 Å². The summed E-state index contributed by atoms with van der Waals surface area (Å²) in [6, 6.07) is 17.8. The highest BCUT2D eigenvalue weighted by atomic mass is 32.1. The van der Waals surface area contributed by atoms with Gasteiger partial charge in [0.2, 0.25) is 0 Å². The molecule has 0 unspecified atom stereocenters. The Hall–Kier alpha value is -3.32. The number of aromatic nitrogens is 4. The monoisotopic (exact) mass is 389 g/mol. The normalized spacial score (nSPS) is 11.9. The molecule has 7 heteroatoms. The fourth-order valence-corrected chi connectivity index (χ4v) is 3.81. The summed E-state index contributed by atoms with van der Waals surface area (Å²) in [6.45, 7) is 2.02. The summed E-state index contributed by atoms with van der Waals surface area (Å²) < 4.78 is 1.70. The van der Waals surface area contributed by atoms with Gasteiger partial charge >= 0.3 is 0 Å². The average molecular weight is 389 g/mol. The van der Waals surface area contributed by atoms with Gasteiger partial charge in [0, 0.05) is 12.6 Å². The Labute approximate surface area is 167 Å². The van der Waals surface area contributed by atoms with Gasteiger partial charge in [0.1, 0.15) is 22.5 Å². The minimum absolute atomic E-state index is 0.0347. The van der Waals surface area contributed by atoms with Crippen LogP contribution in [0, 0.1) is 0 Å². The lowest BCUT2D eigenvalue weighted by atomic mass is 10.1. The number of hydrogen-bond acceptors (Lipinski definition) is 5. The maximum absolute atomic E-state index is 12.9. The number of rotatable bonds is 5. The number of carbonyl (C=O) groups excluding carboxylic acids is 1. The van der Waals surface area contributed by atoms with Crippen LogP contribution >= 0.6 is 11.3 Å². The van der Waals surface area contributed by atoms with Crippen LogP contribution in [0.2, 0.25) is 0 Å². The number of carbonyl (C=O) groups is 1. The number of nitrogens with zero attached hydrogens (tertiary/aromatic N) is 5. The van der Waals surface area contributed by atoms with Crippen LogP contribution in [-0.2, 0) is 0 Å². The summed E-state index contributed by atoms with van der Waals surface area (Å²) in [5, 5.41) is 4.98. The van der Waals surface area contributed by atoms with E-state index in [4.69, 9.17) is 0 Å². The fourth-order valence-electron chi connectivity index (χ4n) is 2.91. The fraction of sp³-hybridized carbons (Fsp3) is 0.143. The molecule has 0 radical (unpaired) electrons. The van der Waals surface area contributed by atoms with E-state index in [1.807, 2.05) is 68.6 Å². The van der Waals surface area contributed by atoms with Gasteiger partial charge in [-0.25, -0.2) is 14.6 Å². The van der Waals surface area contributed by atoms with Gasteiger partial charge < -0.3 is 4.90 Å². The molecule has 0 bridgehead atoms. The van der Waals surface area contributed by atoms with Crippen LogP contribution in [0.1, 0.15) is 28.2 Å². The van der Waals surface area contributed by atoms with E-state index in [0.717, 1.165) is 21.8 Å². The zero-order chi connectivity index (χ0) is 19.5. The van der Waals surface area contributed by atoms with Crippen molar-refractivity contribution in [3.8, 4) is 16.3 Å². The molecule has 0 spiro atoms. The topological polar surface area (TPSA) is 63.9 Å². The second-order valence-electron chi connectivity index (χ2n) is 6.42. The van der Waals surface area contributed by atoms with Crippen LogP contribution in [-0.4, -0.2) is 37.6 Å². The minimum Gasteiger partial charge on any atom is -0.334 e. The molecule has 1 amide bonds. The maximum Gasteiger partial charge on any atom is 0.265 e. The second kappa shape index (κ2) is 7.74. The maximum atomic E-state index is 12.9. The first kappa shape index (κ1) is 18.1. The van der Waals surface area contributed by atoms with Crippen molar-refractivity contribution >= 4 is 17.2 Å². The van der Waals surface area contributed by atoms with E-state index in [9.17, 15) is 4.79 Å². The highest BCUT2D eigenvalue weighted by molar-refractivity contribution is 7.16. The lowest BCUT2D eigenvalue weighted by molar-refractivity contribution is 0.0747. The van der Waals surface area contributed by atoms with Gasteiger partial charge in [0.15, 0.2) is 0 Å². The van der Waals surface area contributed by atoms with Crippen LogP contribution < -0.4 is 0 Å². The zero-order valence-electron chi connectivity index (χ0n) is 15.6. The van der Waals surface area contributed by atoms with Crippen LogP contribution in [0.25, 0.3) is 16.3 Å². The van der Waals surface area contributed by atoms with E-state index in [0.29, 0.717) is 4.88 Å². The number of benzene rings is 2. The lowest BCUT2D eigenvalue weighted by Crippen LogP contribution is -2.29. The third-order valence-electron chi connectivity index (χ3n) is 4.70. The summed E-state index contributed by atoms with van der Waals surface area (Å²) in [6.07, 6.45) is 4.82. The third-order valence-corrected chi connectivity index (χ3v) is 5.73. The molecule has 0 saturated heterocycles. The highest BCUT2D eigenvalue weighted by Gasteiger charge is 2.21. The van der Waals surface area contributed by atoms with Crippen LogP contribution in [0.3, 0.4) is 0 Å². The van der Waals surface area contributed by atoms with Crippen molar-refractivity contribution in [3.63, 3.8) is 0 Å². The number of amides is 1. The molecule has 2 aromatic carbocycles. The van der Waals surface area contributed by atoms with Crippen molar-refractivity contribution in [2.45, 2.75) is 13.0 Å². The molecule has 6 nitrogen and oxygen atoms in total. The first-order valence-corrected chi connectivity index (χ1v) is 9.68. The summed E-state index contributed by atoms with van der Waals surface area (Å²) in [7, 11) is 1.82. The quantitative estimate of drug-likeness (QED) is 0.513. The van der Waals surface area contributed by atoms with Crippen molar-refractivity contribution in [3.05, 3.63) is 83.9 Å². The Bertz CT molecular complexity index is 1060. The zero-order valence-corrected chi connectivity index (χ0v) is 16.4. The summed E-state index contributed by atoms with van der Waals surface area (Å²) in [4.78, 5) is 23.7. The summed E-state index contributed by atoms with van der Waals surface area (Å²) in [5.41, 5.74) is 3.00. The molecule has 0 N–H and O–H groups in total. The highest BCUT2D eigenvalue weighted by Crippen LogP contribution is 2.28. The van der Waals surface area contributed by atoms with Gasteiger partial charge in [0.05, 0.1) is 17.9 Å². The molecule has 2 aromatic heterocycles. The van der Waals surface area contributed by atoms with Crippen molar-refractivity contribution in [1.29, 1.82) is 0 Å². The molecule has 0 aliphatic carbocycles. The van der Waals surface area contributed by atoms with Crippen molar-refractivity contribution in [1.82, 2.24) is 24.6 Å². The molecular weight excluding hydrogens is 370 g/mol. The summed E-state index contributed by atoms with van der Waals surface area (Å²) in [5.74, 6) is -0.0347. The first-order chi connectivity index (χ1) is 13.6. The molecule has 140 valence electrons. The summed E-state index contributed by atoms with van der Waals surface area (Å²) >= 11 is 1.41. The van der Waals surface area contributed by atoms with E-state index < -0.39 is 0 Å². The SMILES string of the molecule is C[C@H](c1ccc(-n2cncn2)cc1)N(C)C(=O)c1cnc(-c2ccccc2)s1. The number of hydrogen-bond donors (Lipinski definition) is 0. The molecule has 0 saturated carbocycles. The Morgan fingerprint density at radius 2 is 1.86 bits per heavy atom. The van der Waals surface area contributed by atoms with Crippen molar-refractivity contribution in [2.24, 2.45) is 0 Å². The molecule has 0 fully saturated rings. The standard InChI is InChI=1S/C21H19N5OS/c1-15(16-8-10-18(11-9-16)26-14-22-13-24-26)25(2)21(27)19-12-23-20(28-19)17-6-4-3-5-7-17/h3-15H,1-2H3/t15-/m1/s1. The molecule has 2 heterocycles. The largest absolute Gasteiger partial charge is 0.334 e. The van der Waals surface area contributed by atoms with Crippen LogP contribution in [0.4, 0.5) is 0 Å². The molecule has 0 aliphatic heterocycles. The number of thiazole rings is 1. The molecule has 4 rings (SSSR count). The predicted octanol–water partition coefficient (Wildman–Crippen LogP) is 4.22. The van der Waals surface area contributed by atoms with Crippen LogP contribution in [0.5, 0.6) is 0 Å². The Morgan fingerprint density at radius 3 is 2.54 bits per heavy atom. The van der Waals surface area contributed by atoms with E-state index in [1.54, 1.807) is 22.1 Å². The second-order valence-corrected chi connectivity index (χ2v) is 7.45. The Morgan fingerprint density at radius 1 is 1.11 bits per heavy atom. The molecule has 1 atom stereocenters. The van der Waals surface area contributed by atoms with E-state index in [-0.39, 0.29) is 11.9 Å². The van der Waals surface area contributed by atoms with Gasteiger partial charge in [-0.15, -0.1) is 11.3 Å². The van der Waals surface area contributed by atoms with Gasteiger partial charge in [-0.3, -0.25) is 4.79 Å². The Balaban J connectivity index is 1.50. The van der Waals surface area contributed by atoms with Gasteiger partial charge in [-0.2, -0.15) is 5.10 Å². The van der Waals surface area contributed by atoms with Crippen LogP contribution in [0.15, 0.2) is 73.4 Å². The van der Waals surface area contributed by atoms with E-state index in [2.05, 4.69) is 15.1 Å². The Kier molecular flexibility index (Phi) is 4.99. The van der Waals surface area contributed by atoms with E-state index in [1.165, 1.54) is 17.7 Å². The molecule has 0 aliphatic rings. The predicted molar refractivity (Wildman–Crippen MR) is 109 cm³/mol. The van der Waals surface area contributed by atoms with Gasteiger partial charge in [-0.1, -0.05) is 42.5 Å². The first-order valence-electron chi connectivity index (χ1n) is 8.87. The smallest absolute Gasteiger partial charge is 0.265 e. The van der Waals surface area contributed by atoms with Gasteiger partial charge in [0.25, 0.3) is 5.91 Å². The molecular formula is C21H19N5OS. The van der Waals surface area contributed by atoms with Gasteiger partial charge in [-0.05, 0) is 24.6 Å². The minimum atomic E-state index is -0.0698. The molecule has 4 aromatic rings. The third kappa shape index (κ3) is 3.57.